The minimum Gasteiger partial charge on any atom is -0.350 e. The number of nitrogens with zero attached hydrogens (tertiary/aromatic N) is 2. The molecule has 4 fully saturated rings. The minimum absolute atomic E-state index is 0.245. The Morgan fingerprint density at radius 1 is 1.25 bits per heavy atom. The van der Waals surface area contributed by atoms with Crippen LogP contribution in [0, 0.1) is 29.1 Å². The van der Waals surface area contributed by atoms with Gasteiger partial charge in [0.15, 0.2) is 0 Å². The molecule has 0 aromatic carbocycles. The molecule has 4 bridgehead atoms. The molecular formula is C20H31N3O. The van der Waals surface area contributed by atoms with Crippen molar-refractivity contribution in [2.24, 2.45) is 29.1 Å². The molecule has 0 spiro atoms. The van der Waals surface area contributed by atoms with Crippen molar-refractivity contribution in [2.75, 3.05) is 0 Å². The summed E-state index contributed by atoms with van der Waals surface area (Å²) in [5.41, 5.74) is 1.44. The van der Waals surface area contributed by atoms with Crippen molar-refractivity contribution < 1.29 is 4.79 Å². The lowest BCUT2D eigenvalue weighted by Crippen LogP contribution is -2.48. The van der Waals surface area contributed by atoms with Crippen LogP contribution in [0.1, 0.15) is 64.5 Å². The van der Waals surface area contributed by atoms with Crippen LogP contribution in [0.5, 0.6) is 0 Å². The molecule has 4 aliphatic carbocycles. The molecule has 1 N–H and O–H groups in total. The van der Waals surface area contributed by atoms with Crippen LogP contribution in [0.15, 0.2) is 12.5 Å². The zero-order chi connectivity index (χ0) is 16.7. The van der Waals surface area contributed by atoms with E-state index in [2.05, 4.69) is 28.7 Å². The monoisotopic (exact) mass is 329 g/mol. The first-order valence-electron chi connectivity index (χ1n) is 9.77. The largest absolute Gasteiger partial charge is 0.350 e. The highest BCUT2D eigenvalue weighted by atomic mass is 16.1. The third-order valence-corrected chi connectivity index (χ3v) is 6.53. The van der Waals surface area contributed by atoms with Gasteiger partial charge in [0.05, 0.1) is 18.6 Å². The van der Waals surface area contributed by atoms with E-state index in [1.165, 1.54) is 38.5 Å². The Morgan fingerprint density at radius 2 is 1.88 bits per heavy atom. The Hall–Kier alpha value is -1.32. The number of hydrogen-bond donors (Lipinski definition) is 1. The summed E-state index contributed by atoms with van der Waals surface area (Å²) in [6, 6.07) is 0. The van der Waals surface area contributed by atoms with Crippen LogP contribution in [0.4, 0.5) is 0 Å². The van der Waals surface area contributed by atoms with E-state index in [-0.39, 0.29) is 5.91 Å². The zero-order valence-corrected chi connectivity index (χ0v) is 15.1. The molecule has 0 radical (unpaired) electrons. The van der Waals surface area contributed by atoms with Gasteiger partial charge in [0, 0.05) is 19.2 Å². The molecule has 1 aromatic rings. The molecule has 0 unspecified atom stereocenters. The molecule has 0 aliphatic heterocycles. The first-order chi connectivity index (χ1) is 11.5. The van der Waals surface area contributed by atoms with E-state index in [0.717, 1.165) is 36.4 Å². The summed E-state index contributed by atoms with van der Waals surface area (Å²) in [5, 5.41) is 3.17. The molecular weight excluding hydrogens is 298 g/mol. The Balaban J connectivity index is 1.34. The lowest BCUT2D eigenvalue weighted by molar-refractivity contribution is -0.129. The van der Waals surface area contributed by atoms with E-state index < -0.39 is 0 Å². The highest BCUT2D eigenvalue weighted by Crippen LogP contribution is 2.61. The van der Waals surface area contributed by atoms with Crippen LogP contribution in [-0.2, 0) is 17.9 Å². The summed E-state index contributed by atoms with van der Waals surface area (Å²) in [6.07, 6.45) is 12.7. The van der Waals surface area contributed by atoms with Crippen molar-refractivity contribution in [1.29, 1.82) is 0 Å². The van der Waals surface area contributed by atoms with Crippen molar-refractivity contribution in [3.63, 3.8) is 0 Å². The molecule has 5 rings (SSSR count). The van der Waals surface area contributed by atoms with E-state index >= 15 is 0 Å². The molecule has 4 heteroatoms. The third kappa shape index (κ3) is 3.25. The Bertz CT molecular complexity index is 568. The topological polar surface area (TPSA) is 46.9 Å². The van der Waals surface area contributed by atoms with E-state index in [9.17, 15) is 4.79 Å². The standard InChI is InChI=1S/C20H31N3O/c1-14(2)12-23-13-21-10-18(23)11-22-19(24)9-20-6-15-3-16(7-20)5-17(4-15)8-20/h10,13-17H,3-9,11-12H2,1-2H3,(H,22,24). The van der Waals surface area contributed by atoms with Gasteiger partial charge in [-0.2, -0.15) is 0 Å². The number of carbonyl (C=O) groups excluding carboxylic acids is 1. The van der Waals surface area contributed by atoms with Gasteiger partial charge in [-0.15, -0.1) is 0 Å². The van der Waals surface area contributed by atoms with Crippen molar-refractivity contribution in [1.82, 2.24) is 14.9 Å². The van der Waals surface area contributed by atoms with E-state index in [4.69, 9.17) is 0 Å². The second-order valence-electron chi connectivity index (χ2n) is 9.30. The molecule has 132 valence electrons. The highest BCUT2D eigenvalue weighted by molar-refractivity contribution is 5.76. The van der Waals surface area contributed by atoms with Gasteiger partial charge in [0.2, 0.25) is 5.91 Å². The van der Waals surface area contributed by atoms with Gasteiger partial charge in [-0.3, -0.25) is 4.79 Å². The summed E-state index contributed by atoms with van der Waals surface area (Å²) in [7, 11) is 0. The number of imidazole rings is 1. The fraction of sp³-hybridized carbons (Fsp3) is 0.800. The maximum atomic E-state index is 12.6. The summed E-state index contributed by atoms with van der Waals surface area (Å²) in [5.74, 6) is 3.57. The lowest BCUT2D eigenvalue weighted by atomic mass is 9.49. The Morgan fingerprint density at radius 3 is 2.46 bits per heavy atom. The van der Waals surface area contributed by atoms with E-state index in [0.29, 0.717) is 17.9 Å². The average Bonchev–Trinajstić information content (AvgIpc) is 2.89. The summed E-state index contributed by atoms with van der Waals surface area (Å²) in [6.45, 7) is 5.98. The van der Waals surface area contributed by atoms with Gasteiger partial charge in [0.25, 0.3) is 0 Å². The molecule has 4 saturated carbocycles. The van der Waals surface area contributed by atoms with Crippen LogP contribution >= 0.6 is 0 Å². The summed E-state index contributed by atoms with van der Waals surface area (Å²) >= 11 is 0. The smallest absolute Gasteiger partial charge is 0.220 e. The number of aromatic nitrogens is 2. The number of hydrogen-bond acceptors (Lipinski definition) is 2. The SMILES string of the molecule is CC(C)Cn1cncc1CNC(=O)CC12CC3CC(CC(C3)C1)C2. The molecule has 0 atom stereocenters. The van der Waals surface area contributed by atoms with Gasteiger partial charge in [-0.25, -0.2) is 4.98 Å². The van der Waals surface area contributed by atoms with Crippen molar-refractivity contribution in [2.45, 2.75) is 71.9 Å². The van der Waals surface area contributed by atoms with Gasteiger partial charge in [-0.05, 0) is 67.6 Å². The normalized spacial score (nSPS) is 34.0. The zero-order valence-electron chi connectivity index (χ0n) is 15.1. The lowest BCUT2D eigenvalue weighted by Gasteiger charge is -2.56. The second-order valence-corrected chi connectivity index (χ2v) is 9.30. The van der Waals surface area contributed by atoms with Gasteiger partial charge in [0.1, 0.15) is 0 Å². The van der Waals surface area contributed by atoms with E-state index in [1.54, 1.807) is 0 Å². The molecule has 4 nitrogen and oxygen atoms in total. The second kappa shape index (κ2) is 6.20. The first kappa shape index (κ1) is 16.2. The maximum absolute atomic E-state index is 12.6. The maximum Gasteiger partial charge on any atom is 0.220 e. The Kier molecular flexibility index (Phi) is 4.17. The van der Waals surface area contributed by atoms with Crippen LogP contribution in [-0.4, -0.2) is 15.5 Å². The molecule has 24 heavy (non-hydrogen) atoms. The van der Waals surface area contributed by atoms with Gasteiger partial charge < -0.3 is 9.88 Å². The van der Waals surface area contributed by atoms with E-state index in [1.807, 2.05) is 12.5 Å². The minimum atomic E-state index is 0.245. The predicted octanol–water partition coefficient (Wildman–Crippen LogP) is 3.76. The summed E-state index contributed by atoms with van der Waals surface area (Å²) < 4.78 is 2.16. The Labute approximate surface area is 145 Å². The van der Waals surface area contributed by atoms with Gasteiger partial charge >= 0.3 is 0 Å². The quantitative estimate of drug-likeness (QED) is 0.864. The predicted molar refractivity (Wildman–Crippen MR) is 94.1 cm³/mol. The molecule has 4 aliphatic rings. The summed E-state index contributed by atoms with van der Waals surface area (Å²) in [4.78, 5) is 16.9. The van der Waals surface area contributed by atoms with Crippen molar-refractivity contribution in [3.05, 3.63) is 18.2 Å². The fourth-order valence-electron chi connectivity index (χ4n) is 6.15. The van der Waals surface area contributed by atoms with Crippen LogP contribution in [0.2, 0.25) is 0 Å². The number of carbonyl (C=O) groups is 1. The molecule has 1 aromatic heterocycles. The first-order valence-corrected chi connectivity index (χ1v) is 9.77. The van der Waals surface area contributed by atoms with Crippen molar-refractivity contribution >= 4 is 5.91 Å². The van der Waals surface area contributed by atoms with Gasteiger partial charge in [-0.1, -0.05) is 13.8 Å². The number of nitrogens with one attached hydrogen (secondary N) is 1. The van der Waals surface area contributed by atoms with Crippen LogP contribution < -0.4 is 5.32 Å². The molecule has 1 heterocycles. The average molecular weight is 329 g/mol. The third-order valence-electron chi connectivity index (χ3n) is 6.53. The van der Waals surface area contributed by atoms with Crippen LogP contribution in [0.3, 0.4) is 0 Å². The number of rotatable bonds is 6. The fourth-order valence-corrected chi connectivity index (χ4v) is 6.15. The molecule has 1 amide bonds. The number of amides is 1. The van der Waals surface area contributed by atoms with Crippen LogP contribution in [0.25, 0.3) is 0 Å². The van der Waals surface area contributed by atoms with Crippen molar-refractivity contribution in [3.8, 4) is 0 Å². The molecule has 0 saturated heterocycles. The highest BCUT2D eigenvalue weighted by Gasteiger charge is 2.51.